The van der Waals surface area contributed by atoms with E-state index in [0.29, 0.717) is 17.3 Å². The lowest BCUT2D eigenvalue weighted by Crippen LogP contribution is -2.54. The molecule has 0 amide bonds. The van der Waals surface area contributed by atoms with Gasteiger partial charge in [0.15, 0.2) is 0 Å². The van der Waals surface area contributed by atoms with Crippen LogP contribution in [0.15, 0.2) is 0 Å². The fourth-order valence-electron chi connectivity index (χ4n) is 12.5. The van der Waals surface area contributed by atoms with Gasteiger partial charge in [-0.3, -0.25) is 4.79 Å². The van der Waals surface area contributed by atoms with Crippen LogP contribution in [-0.2, 0) is 9.53 Å². The SMILES string of the molecule is CCCCCCCCCCCCCCCC(=O)O[C@H]1CC[C@@]2(C)C(CCC3[C@@H]4CC[C@H]([C@H](C)CCC(CC)C(C)C)[C@@]4(C)CC[C@@H]32)C1. The average Bonchev–Trinajstić information content (AvgIpc) is 3.41. The molecule has 2 heteroatoms. The Morgan fingerprint density at radius 2 is 1.28 bits per heavy atom. The second-order valence-electron chi connectivity index (χ2n) is 18.7. The molecule has 0 heterocycles. The van der Waals surface area contributed by atoms with Crippen LogP contribution in [0.5, 0.6) is 0 Å². The first-order valence-electron chi connectivity index (χ1n) is 21.8. The van der Waals surface area contributed by atoms with Crippen molar-refractivity contribution >= 4 is 5.97 Å². The summed E-state index contributed by atoms with van der Waals surface area (Å²) in [6.07, 6.45) is 34.8. The van der Waals surface area contributed by atoms with Gasteiger partial charge >= 0.3 is 5.97 Å². The van der Waals surface area contributed by atoms with E-state index >= 15 is 0 Å². The Kier molecular flexibility index (Phi) is 16.0. The summed E-state index contributed by atoms with van der Waals surface area (Å²) in [4.78, 5) is 12.8. The quantitative estimate of drug-likeness (QED) is 0.0909. The van der Waals surface area contributed by atoms with Crippen molar-refractivity contribution in [2.24, 2.45) is 58.2 Å². The van der Waals surface area contributed by atoms with Gasteiger partial charge in [0, 0.05) is 6.42 Å². The van der Waals surface area contributed by atoms with E-state index in [0.717, 1.165) is 66.6 Å². The van der Waals surface area contributed by atoms with E-state index in [1.165, 1.54) is 141 Å². The number of esters is 1. The largest absolute Gasteiger partial charge is 0.462 e. The zero-order chi connectivity index (χ0) is 33.9. The van der Waals surface area contributed by atoms with Crippen LogP contribution >= 0.6 is 0 Å². The molecule has 4 aliphatic carbocycles. The molecule has 10 atom stereocenters. The van der Waals surface area contributed by atoms with Crippen molar-refractivity contribution in [1.29, 1.82) is 0 Å². The van der Waals surface area contributed by atoms with Crippen molar-refractivity contribution in [1.82, 2.24) is 0 Å². The first-order valence-corrected chi connectivity index (χ1v) is 21.8. The monoisotopic (exact) mass is 655 g/mol. The maximum Gasteiger partial charge on any atom is 0.306 e. The predicted octanol–water partition coefficient (Wildman–Crippen LogP) is 14.1. The number of ether oxygens (including phenoxy) is 1. The van der Waals surface area contributed by atoms with E-state index in [2.05, 4.69) is 48.5 Å². The van der Waals surface area contributed by atoms with Gasteiger partial charge in [0.05, 0.1) is 0 Å². The summed E-state index contributed by atoms with van der Waals surface area (Å²) in [5.41, 5.74) is 1.04. The van der Waals surface area contributed by atoms with Gasteiger partial charge in [-0.05, 0) is 129 Å². The molecule has 2 nitrogen and oxygen atoms in total. The molecule has 0 aromatic heterocycles. The molecule has 0 aromatic carbocycles. The zero-order valence-electron chi connectivity index (χ0n) is 32.9. The van der Waals surface area contributed by atoms with Gasteiger partial charge in [0.1, 0.15) is 6.10 Å². The normalized spacial score (nSPS) is 34.8. The number of hydrogen-bond acceptors (Lipinski definition) is 2. The minimum absolute atomic E-state index is 0.0913. The molecular weight excluding hydrogens is 572 g/mol. The first kappa shape index (κ1) is 39.3. The van der Waals surface area contributed by atoms with Gasteiger partial charge in [-0.25, -0.2) is 0 Å². The minimum atomic E-state index is 0.0913. The summed E-state index contributed by atoms with van der Waals surface area (Å²) < 4.78 is 6.18. The van der Waals surface area contributed by atoms with Crippen LogP contribution in [0.4, 0.5) is 0 Å². The lowest BCUT2D eigenvalue weighted by Gasteiger charge is -2.61. The van der Waals surface area contributed by atoms with E-state index in [4.69, 9.17) is 4.74 Å². The van der Waals surface area contributed by atoms with Crippen molar-refractivity contribution in [2.75, 3.05) is 0 Å². The Balaban J connectivity index is 1.14. The third kappa shape index (κ3) is 10.3. The molecule has 0 aromatic rings. The third-order valence-corrected chi connectivity index (χ3v) is 15.6. The highest BCUT2D eigenvalue weighted by atomic mass is 16.5. The van der Waals surface area contributed by atoms with E-state index in [9.17, 15) is 4.79 Å². The topological polar surface area (TPSA) is 26.3 Å². The Bertz CT molecular complexity index is 894. The summed E-state index contributed by atoms with van der Waals surface area (Å²) in [6, 6.07) is 0. The summed E-state index contributed by atoms with van der Waals surface area (Å²) in [5, 5.41) is 0. The Hall–Kier alpha value is -0.530. The zero-order valence-corrected chi connectivity index (χ0v) is 32.9. The number of rotatable bonds is 21. The van der Waals surface area contributed by atoms with Crippen LogP contribution in [0.2, 0.25) is 0 Å². The van der Waals surface area contributed by atoms with Gasteiger partial charge in [-0.1, -0.05) is 138 Å². The van der Waals surface area contributed by atoms with Gasteiger partial charge < -0.3 is 4.74 Å². The number of hydrogen-bond donors (Lipinski definition) is 0. The molecule has 0 radical (unpaired) electrons. The number of unbranched alkanes of at least 4 members (excludes halogenated alkanes) is 12. The van der Waals surface area contributed by atoms with Crippen LogP contribution in [0, 0.1) is 58.2 Å². The van der Waals surface area contributed by atoms with Crippen molar-refractivity contribution in [3.8, 4) is 0 Å². The molecule has 274 valence electrons. The lowest BCUT2D eigenvalue weighted by atomic mass is 9.44. The molecule has 0 saturated heterocycles. The molecule has 0 aliphatic heterocycles. The minimum Gasteiger partial charge on any atom is -0.462 e. The second kappa shape index (κ2) is 19.2. The summed E-state index contributed by atoms with van der Waals surface area (Å²) in [5.74, 6) is 7.20. The van der Waals surface area contributed by atoms with Crippen LogP contribution < -0.4 is 0 Å². The molecule has 4 fully saturated rings. The van der Waals surface area contributed by atoms with Crippen LogP contribution in [-0.4, -0.2) is 12.1 Å². The maximum absolute atomic E-state index is 12.8. The standard InChI is InChI=1S/C45H82O2/c1-8-10-11-12-13-14-15-16-17-18-19-20-21-22-43(46)47-38-29-31-44(6)37(33-38)25-26-39-41-28-27-40(45(41,7)32-30-42(39)44)35(5)23-24-36(9-2)34(3)4/h34-42H,8-33H2,1-7H3/t35-,36?,37?,38+,39?,40-,41+,42+,44+,45-/m1/s1. The number of fused-ring (bicyclic) bond motifs is 5. The Morgan fingerprint density at radius 3 is 1.89 bits per heavy atom. The maximum atomic E-state index is 12.8. The van der Waals surface area contributed by atoms with E-state index < -0.39 is 0 Å². The molecule has 0 bridgehead atoms. The highest BCUT2D eigenvalue weighted by Gasteiger charge is 2.60. The van der Waals surface area contributed by atoms with Crippen molar-refractivity contribution in [2.45, 2.75) is 222 Å². The second-order valence-corrected chi connectivity index (χ2v) is 18.7. The van der Waals surface area contributed by atoms with Crippen LogP contribution in [0.25, 0.3) is 0 Å². The third-order valence-electron chi connectivity index (χ3n) is 15.6. The van der Waals surface area contributed by atoms with Gasteiger partial charge in [0.25, 0.3) is 0 Å². The van der Waals surface area contributed by atoms with Crippen molar-refractivity contribution in [3.05, 3.63) is 0 Å². The fourth-order valence-corrected chi connectivity index (χ4v) is 12.5. The fraction of sp³-hybridized carbons (Fsp3) is 0.978. The lowest BCUT2D eigenvalue weighted by molar-refractivity contribution is -0.162. The molecule has 0 spiro atoms. The van der Waals surface area contributed by atoms with E-state index in [-0.39, 0.29) is 12.1 Å². The van der Waals surface area contributed by atoms with Crippen molar-refractivity contribution < 1.29 is 9.53 Å². The predicted molar refractivity (Wildman–Crippen MR) is 202 cm³/mol. The van der Waals surface area contributed by atoms with Gasteiger partial charge in [-0.15, -0.1) is 0 Å². The average molecular weight is 655 g/mol. The highest BCUT2D eigenvalue weighted by molar-refractivity contribution is 5.69. The number of carbonyl (C=O) groups excluding carboxylic acids is 1. The summed E-state index contributed by atoms with van der Waals surface area (Å²) in [6.45, 7) is 17.6. The Morgan fingerprint density at radius 1 is 0.681 bits per heavy atom. The molecule has 4 rings (SSSR count). The summed E-state index contributed by atoms with van der Waals surface area (Å²) >= 11 is 0. The molecule has 3 unspecified atom stereocenters. The molecule has 4 saturated carbocycles. The Labute approximate surface area is 294 Å². The first-order chi connectivity index (χ1) is 22.6. The highest BCUT2D eigenvalue weighted by Crippen LogP contribution is 2.68. The molecular formula is C45H82O2. The van der Waals surface area contributed by atoms with E-state index in [1.807, 2.05) is 0 Å². The molecule has 47 heavy (non-hydrogen) atoms. The molecule has 4 aliphatic rings. The van der Waals surface area contributed by atoms with Crippen molar-refractivity contribution in [3.63, 3.8) is 0 Å². The number of carbonyl (C=O) groups is 1. The van der Waals surface area contributed by atoms with Gasteiger partial charge in [0.2, 0.25) is 0 Å². The van der Waals surface area contributed by atoms with Gasteiger partial charge in [-0.2, -0.15) is 0 Å². The van der Waals surface area contributed by atoms with Crippen LogP contribution in [0.1, 0.15) is 215 Å². The van der Waals surface area contributed by atoms with E-state index in [1.54, 1.807) is 0 Å². The smallest absolute Gasteiger partial charge is 0.306 e. The summed E-state index contributed by atoms with van der Waals surface area (Å²) in [7, 11) is 0. The van der Waals surface area contributed by atoms with Crippen LogP contribution in [0.3, 0.4) is 0 Å². The molecule has 0 N–H and O–H groups in total.